The Kier molecular flexibility index (Phi) is 3.67. The molecule has 2 nitrogen and oxygen atoms in total. The van der Waals surface area contributed by atoms with Gasteiger partial charge in [-0.1, -0.05) is 53.0 Å². The molecule has 88 valence electrons. The molecule has 1 aromatic heterocycles. The molecule has 1 atom stereocenters. The number of nitrogens with two attached hydrogens (primary N) is 1. The second-order valence-electron chi connectivity index (χ2n) is 3.91. The van der Waals surface area contributed by atoms with E-state index in [4.69, 9.17) is 28.9 Å². The molecule has 4 heteroatoms. The standard InChI is InChI=1S/C13H12Cl2N2/c1-8-2-4-9(5-3-8)12(16)13-11(15)6-10(14)7-17-13/h2-7,12H,16H2,1H3. The van der Waals surface area contributed by atoms with Crippen LogP contribution in [-0.4, -0.2) is 4.98 Å². The summed E-state index contributed by atoms with van der Waals surface area (Å²) in [6.07, 6.45) is 1.55. The van der Waals surface area contributed by atoms with Gasteiger partial charge in [-0.3, -0.25) is 4.98 Å². The van der Waals surface area contributed by atoms with Crippen LogP contribution in [-0.2, 0) is 0 Å². The smallest absolute Gasteiger partial charge is 0.0803 e. The third-order valence-electron chi connectivity index (χ3n) is 2.57. The lowest BCUT2D eigenvalue weighted by molar-refractivity contribution is 0.829. The predicted octanol–water partition coefficient (Wildman–Crippen LogP) is 3.74. The molecular formula is C13H12Cl2N2. The van der Waals surface area contributed by atoms with Gasteiger partial charge in [0.15, 0.2) is 0 Å². The van der Waals surface area contributed by atoms with Crippen molar-refractivity contribution in [3.63, 3.8) is 0 Å². The van der Waals surface area contributed by atoms with Crippen molar-refractivity contribution in [1.29, 1.82) is 0 Å². The quantitative estimate of drug-likeness (QED) is 0.900. The van der Waals surface area contributed by atoms with Crippen LogP contribution in [0, 0.1) is 6.92 Å². The molecule has 0 amide bonds. The number of halogens is 2. The highest BCUT2D eigenvalue weighted by Crippen LogP contribution is 2.26. The number of aryl methyl sites for hydroxylation is 1. The van der Waals surface area contributed by atoms with Crippen LogP contribution in [0.2, 0.25) is 10.0 Å². The highest BCUT2D eigenvalue weighted by atomic mass is 35.5. The third kappa shape index (κ3) is 2.78. The topological polar surface area (TPSA) is 38.9 Å². The molecule has 0 aliphatic heterocycles. The van der Waals surface area contributed by atoms with E-state index in [0.717, 1.165) is 5.56 Å². The normalized spacial score (nSPS) is 12.5. The SMILES string of the molecule is Cc1ccc(C(N)c2ncc(Cl)cc2Cl)cc1. The molecule has 0 saturated heterocycles. The highest BCUT2D eigenvalue weighted by Gasteiger charge is 2.14. The number of benzene rings is 1. The van der Waals surface area contributed by atoms with Crippen molar-refractivity contribution in [3.05, 3.63) is 63.4 Å². The maximum atomic E-state index is 6.13. The van der Waals surface area contributed by atoms with E-state index in [-0.39, 0.29) is 6.04 Å². The van der Waals surface area contributed by atoms with E-state index in [2.05, 4.69) is 4.98 Å². The fourth-order valence-electron chi connectivity index (χ4n) is 1.59. The van der Waals surface area contributed by atoms with Crippen LogP contribution in [0.15, 0.2) is 36.5 Å². The van der Waals surface area contributed by atoms with Gasteiger partial charge in [-0.25, -0.2) is 0 Å². The van der Waals surface area contributed by atoms with Crippen molar-refractivity contribution in [2.75, 3.05) is 0 Å². The lowest BCUT2D eigenvalue weighted by atomic mass is 10.0. The second kappa shape index (κ2) is 5.05. The summed E-state index contributed by atoms with van der Waals surface area (Å²) in [5, 5.41) is 1.00. The summed E-state index contributed by atoms with van der Waals surface area (Å²) in [5.41, 5.74) is 8.94. The lowest BCUT2D eigenvalue weighted by Gasteiger charge is -2.13. The minimum atomic E-state index is -0.333. The van der Waals surface area contributed by atoms with Gasteiger partial charge >= 0.3 is 0 Å². The Bertz CT molecular complexity index is 523. The van der Waals surface area contributed by atoms with Crippen molar-refractivity contribution in [3.8, 4) is 0 Å². The summed E-state index contributed by atoms with van der Waals surface area (Å²) >= 11 is 11.9. The van der Waals surface area contributed by atoms with Gasteiger partial charge < -0.3 is 5.73 Å². The molecule has 2 N–H and O–H groups in total. The lowest BCUT2D eigenvalue weighted by Crippen LogP contribution is -2.14. The fraction of sp³-hybridized carbons (Fsp3) is 0.154. The highest BCUT2D eigenvalue weighted by molar-refractivity contribution is 6.34. The van der Waals surface area contributed by atoms with Crippen LogP contribution in [0.4, 0.5) is 0 Å². The van der Waals surface area contributed by atoms with Crippen molar-refractivity contribution >= 4 is 23.2 Å². The first-order valence-electron chi connectivity index (χ1n) is 5.21. The molecule has 2 aromatic rings. The Morgan fingerprint density at radius 1 is 1.18 bits per heavy atom. The van der Waals surface area contributed by atoms with Crippen LogP contribution in [0.3, 0.4) is 0 Å². The summed E-state index contributed by atoms with van der Waals surface area (Å²) in [6.45, 7) is 2.03. The predicted molar refractivity (Wildman–Crippen MR) is 71.5 cm³/mol. The van der Waals surface area contributed by atoms with Crippen LogP contribution >= 0.6 is 23.2 Å². The zero-order valence-corrected chi connectivity index (χ0v) is 10.8. The van der Waals surface area contributed by atoms with Crippen molar-refractivity contribution < 1.29 is 0 Å². The maximum absolute atomic E-state index is 6.13. The van der Waals surface area contributed by atoms with Gasteiger partial charge in [-0.05, 0) is 18.6 Å². The second-order valence-corrected chi connectivity index (χ2v) is 4.75. The van der Waals surface area contributed by atoms with E-state index in [0.29, 0.717) is 15.7 Å². The maximum Gasteiger partial charge on any atom is 0.0803 e. The Morgan fingerprint density at radius 3 is 2.41 bits per heavy atom. The Hall–Kier alpha value is -1.09. The Labute approximate surface area is 110 Å². The molecule has 1 unspecified atom stereocenters. The van der Waals surface area contributed by atoms with E-state index in [1.165, 1.54) is 5.56 Å². The van der Waals surface area contributed by atoms with E-state index in [1.807, 2.05) is 31.2 Å². The van der Waals surface area contributed by atoms with E-state index in [9.17, 15) is 0 Å². The number of hydrogen-bond donors (Lipinski definition) is 1. The summed E-state index contributed by atoms with van der Waals surface area (Å²) in [6, 6.07) is 9.30. The monoisotopic (exact) mass is 266 g/mol. The minimum absolute atomic E-state index is 0.333. The Balaban J connectivity index is 2.36. The zero-order chi connectivity index (χ0) is 12.4. The van der Waals surface area contributed by atoms with Gasteiger partial charge in [0.2, 0.25) is 0 Å². The fourth-order valence-corrected chi connectivity index (χ4v) is 2.08. The van der Waals surface area contributed by atoms with E-state index >= 15 is 0 Å². The zero-order valence-electron chi connectivity index (χ0n) is 9.32. The molecule has 0 saturated carbocycles. The first kappa shape index (κ1) is 12.4. The summed E-state index contributed by atoms with van der Waals surface area (Å²) in [4.78, 5) is 4.19. The first-order chi connectivity index (χ1) is 8.08. The molecule has 1 heterocycles. The van der Waals surface area contributed by atoms with Gasteiger partial charge in [-0.2, -0.15) is 0 Å². The van der Waals surface area contributed by atoms with E-state index in [1.54, 1.807) is 12.3 Å². The number of hydrogen-bond acceptors (Lipinski definition) is 2. The molecule has 0 radical (unpaired) electrons. The molecule has 0 spiro atoms. The molecular weight excluding hydrogens is 255 g/mol. The van der Waals surface area contributed by atoms with Crippen molar-refractivity contribution in [2.45, 2.75) is 13.0 Å². The van der Waals surface area contributed by atoms with Gasteiger partial charge in [0, 0.05) is 6.20 Å². The number of nitrogens with zero attached hydrogens (tertiary/aromatic N) is 1. The summed E-state index contributed by atoms with van der Waals surface area (Å²) in [7, 11) is 0. The number of rotatable bonds is 2. The number of pyridine rings is 1. The van der Waals surface area contributed by atoms with Gasteiger partial charge in [0.1, 0.15) is 0 Å². The summed E-state index contributed by atoms with van der Waals surface area (Å²) < 4.78 is 0. The van der Waals surface area contributed by atoms with Crippen LogP contribution < -0.4 is 5.73 Å². The average Bonchev–Trinajstić information content (AvgIpc) is 2.29. The first-order valence-corrected chi connectivity index (χ1v) is 5.96. The average molecular weight is 267 g/mol. The van der Waals surface area contributed by atoms with Crippen molar-refractivity contribution in [2.24, 2.45) is 5.73 Å². The van der Waals surface area contributed by atoms with Gasteiger partial charge in [0.05, 0.1) is 21.8 Å². The molecule has 2 rings (SSSR count). The number of aromatic nitrogens is 1. The molecule has 0 aliphatic rings. The third-order valence-corrected chi connectivity index (χ3v) is 3.08. The van der Waals surface area contributed by atoms with Crippen LogP contribution in [0.25, 0.3) is 0 Å². The largest absolute Gasteiger partial charge is 0.319 e. The molecule has 0 fully saturated rings. The summed E-state index contributed by atoms with van der Waals surface area (Å²) in [5.74, 6) is 0. The molecule has 17 heavy (non-hydrogen) atoms. The van der Waals surface area contributed by atoms with Gasteiger partial charge in [-0.15, -0.1) is 0 Å². The minimum Gasteiger partial charge on any atom is -0.319 e. The molecule has 1 aromatic carbocycles. The van der Waals surface area contributed by atoms with E-state index < -0.39 is 0 Å². The van der Waals surface area contributed by atoms with Gasteiger partial charge in [0.25, 0.3) is 0 Å². The Morgan fingerprint density at radius 2 is 1.82 bits per heavy atom. The molecule has 0 aliphatic carbocycles. The van der Waals surface area contributed by atoms with Crippen LogP contribution in [0.1, 0.15) is 22.9 Å². The van der Waals surface area contributed by atoms with Crippen LogP contribution in [0.5, 0.6) is 0 Å². The molecule has 0 bridgehead atoms. The van der Waals surface area contributed by atoms with Crippen molar-refractivity contribution in [1.82, 2.24) is 4.98 Å².